The molecule has 108 valence electrons. The van der Waals surface area contributed by atoms with Crippen LogP contribution in [0.4, 0.5) is 4.79 Å². The predicted molar refractivity (Wildman–Crippen MR) is 72.6 cm³/mol. The summed E-state index contributed by atoms with van der Waals surface area (Å²) in [6.45, 7) is 1.84. The third-order valence-electron chi connectivity index (χ3n) is 3.08. The van der Waals surface area contributed by atoms with Crippen molar-refractivity contribution in [3.05, 3.63) is 29.8 Å². The van der Waals surface area contributed by atoms with Crippen LogP contribution < -0.4 is 10.1 Å². The molecule has 0 fully saturated rings. The van der Waals surface area contributed by atoms with Crippen LogP contribution in [0.1, 0.15) is 18.4 Å². The zero-order valence-corrected chi connectivity index (χ0v) is 11.2. The Morgan fingerprint density at radius 1 is 1.35 bits per heavy atom. The van der Waals surface area contributed by atoms with Gasteiger partial charge in [-0.1, -0.05) is 18.2 Å². The zero-order valence-electron chi connectivity index (χ0n) is 11.2. The van der Waals surface area contributed by atoms with Gasteiger partial charge in [-0.2, -0.15) is 0 Å². The van der Waals surface area contributed by atoms with E-state index in [-0.39, 0.29) is 12.5 Å². The molecule has 1 aliphatic heterocycles. The Kier molecular flexibility index (Phi) is 4.81. The Balaban J connectivity index is 1.86. The molecule has 20 heavy (non-hydrogen) atoms. The highest BCUT2D eigenvalue weighted by Gasteiger charge is 2.18. The lowest BCUT2D eigenvalue weighted by Crippen LogP contribution is -2.41. The number of carbonyl (C=O) groups is 2. The van der Waals surface area contributed by atoms with Crippen molar-refractivity contribution in [3.63, 3.8) is 0 Å². The van der Waals surface area contributed by atoms with Crippen molar-refractivity contribution in [2.75, 3.05) is 19.7 Å². The molecule has 1 aliphatic rings. The number of urea groups is 1. The number of amides is 2. The van der Waals surface area contributed by atoms with Gasteiger partial charge in [-0.15, -0.1) is 0 Å². The largest absolute Gasteiger partial charge is 0.491 e. The van der Waals surface area contributed by atoms with Gasteiger partial charge in [-0.3, -0.25) is 4.79 Å². The fourth-order valence-electron chi connectivity index (χ4n) is 2.05. The first kappa shape index (κ1) is 14.2. The number of nitrogens with zero attached hydrogens (tertiary/aromatic N) is 1. The molecular formula is C14H18N2O4. The summed E-state index contributed by atoms with van der Waals surface area (Å²) in [5.41, 5.74) is 0.977. The molecule has 2 rings (SSSR count). The van der Waals surface area contributed by atoms with Crippen molar-refractivity contribution >= 4 is 12.0 Å². The SMILES string of the molecule is O=C(O)CCCNC(=O)N1CCOc2ccccc2C1. The molecule has 0 bridgehead atoms. The van der Waals surface area contributed by atoms with Crippen LogP contribution >= 0.6 is 0 Å². The summed E-state index contributed by atoms with van der Waals surface area (Å²) in [7, 11) is 0. The monoisotopic (exact) mass is 278 g/mol. The summed E-state index contributed by atoms with van der Waals surface area (Å²) < 4.78 is 5.59. The van der Waals surface area contributed by atoms with Crippen molar-refractivity contribution in [2.24, 2.45) is 0 Å². The van der Waals surface area contributed by atoms with Crippen LogP contribution in [0.25, 0.3) is 0 Å². The minimum atomic E-state index is -0.851. The maximum absolute atomic E-state index is 12.0. The Morgan fingerprint density at radius 2 is 2.15 bits per heavy atom. The molecule has 0 aliphatic carbocycles. The summed E-state index contributed by atoms with van der Waals surface area (Å²) in [6, 6.07) is 7.46. The number of carbonyl (C=O) groups excluding carboxylic acids is 1. The van der Waals surface area contributed by atoms with Gasteiger partial charge in [0.05, 0.1) is 13.1 Å². The molecule has 2 amide bonds. The number of carboxylic acids is 1. The molecule has 0 saturated heterocycles. The third-order valence-corrected chi connectivity index (χ3v) is 3.08. The summed E-state index contributed by atoms with van der Waals surface area (Å²) in [4.78, 5) is 24.1. The number of aliphatic carboxylic acids is 1. The summed E-state index contributed by atoms with van der Waals surface area (Å²) in [6.07, 6.45) is 0.494. The van der Waals surface area contributed by atoms with E-state index in [9.17, 15) is 9.59 Å². The predicted octanol–water partition coefficient (Wildman–Crippen LogP) is 1.46. The molecule has 0 radical (unpaired) electrons. The number of carboxylic acid groups (broad SMARTS) is 1. The number of nitrogens with one attached hydrogen (secondary N) is 1. The van der Waals surface area contributed by atoms with E-state index in [0.29, 0.717) is 32.7 Å². The first-order chi connectivity index (χ1) is 9.66. The van der Waals surface area contributed by atoms with Crippen molar-refractivity contribution in [1.29, 1.82) is 0 Å². The molecular weight excluding hydrogens is 260 g/mol. The lowest BCUT2D eigenvalue weighted by Gasteiger charge is -2.20. The van der Waals surface area contributed by atoms with Crippen molar-refractivity contribution in [3.8, 4) is 5.75 Å². The smallest absolute Gasteiger partial charge is 0.317 e. The number of para-hydroxylation sites is 1. The third kappa shape index (κ3) is 3.88. The molecule has 1 aromatic carbocycles. The van der Waals surface area contributed by atoms with Gasteiger partial charge < -0.3 is 20.1 Å². The zero-order chi connectivity index (χ0) is 14.4. The molecule has 0 spiro atoms. The van der Waals surface area contributed by atoms with Gasteiger partial charge in [0.1, 0.15) is 12.4 Å². The van der Waals surface area contributed by atoms with Crippen LogP contribution in [0, 0.1) is 0 Å². The van der Waals surface area contributed by atoms with Crippen molar-refractivity contribution in [1.82, 2.24) is 10.2 Å². The highest BCUT2D eigenvalue weighted by molar-refractivity contribution is 5.74. The maximum atomic E-state index is 12.0. The quantitative estimate of drug-likeness (QED) is 0.817. The lowest BCUT2D eigenvalue weighted by molar-refractivity contribution is -0.137. The van der Waals surface area contributed by atoms with Crippen LogP contribution in [0.3, 0.4) is 0 Å². The fraction of sp³-hybridized carbons (Fsp3) is 0.429. The summed E-state index contributed by atoms with van der Waals surface area (Å²) in [5, 5.41) is 11.3. The fourth-order valence-corrected chi connectivity index (χ4v) is 2.05. The van der Waals surface area contributed by atoms with Crippen LogP contribution in [0.5, 0.6) is 5.75 Å². The van der Waals surface area contributed by atoms with Gasteiger partial charge in [0.2, 0.25) is 0 Å². The van der Waals surface area contributed by atoms with Crippen LogP contribution in [0.15, 0.2) is 24.3 Å². The minimum Gasteiger partial charge on any atom is -0.491 e. The Labute approximate surface area is 117 Å². The van der Waals surface area contributed by atoms with Gasteiger partial charge in [-0.05, 0) is 12.5 Å². The van der Waals surface area contributed by atoms with Crippen LogP contribution in [-0.2, 0) is 11.3 Å². The Morgan fingerprint density at radius 3 is 2.95 bits per heavy atom. The molecule has 1 aromatic rings. The number of ether oxygens (including phenoxy) is 1. The van der Waals surface area contributed by atoms with E-state index in [0.717, 1.165) is 11.3 Å². The van der Waals surface area contributed by atoms with E-state index < -0.39 is 5.97 Å². The average Bonchev–Trinajstić information content (AvgIpc) is 2.65. The molecule has 2 N–H and O–H groups in total. The normalized spacial score (nSPS) is 13.9. The van der Waals surface area contributed by atoms with E-state index in [1.807, 2.05) is 24.3 Å². The number of rotatable bonds is 4. The summed E-state index contributed by atoms with van der Waals surface area (Å²) in [5.74, 6) is -0.0370. The van der Waals surface area contributed by atoms with Crippen molar-refractivity contribution < 1.29 is 19.4 Å². The molecule has 1 heterocycles. The Hall–Kier alpha value is -2.24. The minimum absolute atomic E-state index is 0.0617. The number of benzene rings is 1. The van der Waals surface area contributed by atoms with E-state index in [1.54, 1.807) is 4.90 Å². The molecule has 0 saturated carbocycles. The molecule has 6 nitrogen and oxygen atoms in total. The number of hydrogen-bond acceptors (Lipinski definition) is 3. The topological polar surface area (TPSA) is 78.9 Å². The summed E-state index contributed by atoms with van der Waals surface area (Å²) >= 11 is 0. The second-order valence-corrected chi connectivity index (χ2v) is 4.61. The molecule has 0 aromatic heterocycles. The van der Waals surface area contributed by atoms with Crippen LogP contribution in [-0.4, -0.2) is 41.7 Å². The van der Waals surface area contributed by atoms with Gasteiger partial charge in [0.25, 0.3) is 0 Å². The molecule has 0 unspecified atom stereocenters. The highest BCUT2D eigenvalue weighted by atomic mass is 16.5. The standard InChI is InChI=1S/C14H18N2O4/c17-13(18)6-3-7-15-14(19)16-8-9-20-12-5-2-1-4-11(12)10-16/h1-2,4-5H,3,6-10H2,(H,15,19)(H,17,18). The van der Waals surface area contributed by atoms with Crippen LogP contribution in [0.2, 0.25) is 0 Å². The second-order valence-electron chi connectivity index (χ2n) is 4.61. The maximum Gasteiger partial charge on any atom is 0.317 e. The van der Waals surface area contributed by atoms with Crippen molar-refractivity contribution in [2.45, 2.75) is 19.4 Å². The van der Waals surface area contributed by atoms with E-state index in [1.165, 1.54) is 0 Å². The van der Waals surface area contributed by atoms with E-state index in [2.05, 4.69) is 5.32 Å². The highest BCUT2D eigenvalue weighted by Crippen LogP contribution is 2.22. The first-order valence-electron chi connectivity index (χ1n) is 6.62. The van der Waals surface area contributed by atoms with Gasteiger partial charge >= 0.3 is 12.0 Å². The van der Waals surface area contributed by atoms with E-state index >= 15 is 0 Å². The molecule has 6 heteroatoms. The van der Waals surface area contributed by atoms with Gasteiger partial charge in [-0.25, -0.2) is 4.79 Å². The first-order valence-corrected chi connectivity index (χ1v) is 6.62. The number of hydrogen-bond donors (Lipinski definition) is 2. The number of fused-ring (bicyclic) bond motifs is 1. The molecule has 0 atom stereocenters. The Bertz CT molecular complexity index is 490. The van der Waals surface area contributed by atoms with E-state index in [4.69, 9.17) is 9.84 Å². The lowest BCUT2D eigenvalue weighted by atomic mass is 10.2. The van der Waals surface area contributed by atoms with Gasteiger partial charge in [0.15, 0.2) is 0 Å². The van der Waals surface area contributed by atoms with Gasteiger partial charge in [0, 0.05) is 18.5 Å². The second kappa shape index (κ2) is 6.79. The average molecular weight is 278 g/mol.